The number of furan rings is 3. The molecule has 200 valence electrons. The molecule has 40 heavy (non-hydrogen) atoms. The summed E-state index contributed by atoms with van der Waals surface area (Å²) in [4.78, 5) is 4.85. The van der Waals surface area contributed by atoms with Crippen LogP contribution in [0.4, 0.5) is 0 Å². The second-order valence-electron chi connectivity index (χ2n) is 9.74. The second-order valence-corrected chi connectivity index (χ2v) is 18.8. The van der Waals surface area contributed by atoms with E-state index in [0.29, 0.717) is 0 Å². The van der Waals surface area contributed by atoms with Gasteiger partial charge in [-0.2, -0.15) is 0 Å². The van der Waals surface area contributed by atoms with E-state index in [9.17, 15) is 0 Å². The summed E-state index contributed by atoms with van der Waals surface area (Å²) in [5.41, 5.74) is 4.97. The van der Waals surface area contributed by atoms with Crippen molar-refractivity contribution in [1.82, 2.24) is 0 Å². The van der Waals surface area contributed by atoms with Gasteiger partial charge in [-0.05, 0) is 128 Å². The summed E-state index contributed by atoms with van der Waals surface area (Å²) in [7, 11) is 0. The van der Waals surface area contributed by atoms with E-state index < -0.39 is 0 Å². The molecule has 0 spiro atoms. The van der Waals surface area contributed by atoms with E-state index in [2.05, 4.69) is 128 Å². The minimum Gasteiger partial charge on any atom is -0.483 e. The van der Waals surface area contributed by atoms with Gasteiger partial charge in [0.25, 0.3) is 0 Å². The zero-order valence-corrected chi connectivity index (χ0v) is 32.1. The number of fused-ring (bicyclic) bond motifs is 8. The van der Waals surface area contributed by atoms with Gasteiger partial charge in [-0.25, -0.2) is 0 Å². The van der Waals surface area contributed by atoms with Crippen LogP contribution in [-0.4, -0.2) is 6.10 Å². The van der Waals surface area contributed by atoms with Gasteiger partial charge in [-0.15, -0.1) is 45.8 Å². The Morgan fingerprint density at radius 2 is 1.38 bits per heavy atom. The summed E-state index contributed by atoms with van der Waals surface area (Å²) in [5, 5.41) is 1.28. The maximum Gasteiger partial charge on any atom is 0.160 e. The Labute approximate surface area is 297 Å². The summed E-state index contributed by atoms with van der Waals surface area (Å²) in [6.45, 7) is 4.25. The van der Waals surface area contributed by atoms with E-state index in [-0.39, 0.29) is 11.4 Å². The van der Waals surface area contributed by atoms with Crippen molar-refractivity contribution in [2.75, 3.05) is 0 Å². The molecular formula is C28H12I4O4S4. The number of benzene rings is 1. The summed E-state index contributed by atoms with van der Waals surface area (Å²) in [6.07, 6.45) is -0.0154. The maximum absolute atomic E-state index is 6.63. The number of halogens is 4. The number of hydrogen-bond acceptors (Lipinski definition) is 8. The Bertz CT molecular complexity index is 2270. The summed E-state index contributed by atoms with van der Waals surface area (Å²) >= 11 is 16.9. The highest BCUT2D eigenvalue weighted by atomic mass is 127. The first kappa shape index (κ1) is 26.4. The molecule has 2 aliphatic heterocycles. The smallest absolute Gasteiger partial charge is 0.160 e. The number of thioether (sulfide) groups is 1. The fourth-order valence-electron chi connectivity index (χ4n) is 5.48. The number of ether oxygens (including phenoxy) is 1. The van der Waals surface area contributed by atoms with Crippen molar-refractivity contribution < 1.29 is 18.0 Å². The first-order chi connectivity index (χ1) is 19.3. The molecule has 12 heteroatoms. The molecular weight excluding hydrogens is 1040 g/mol. The average Bonchev–Trinajstić information content (AvgIpc) is 3.77. The van der Waals surface area contributed by atoms with E-state index in [1.807, 2.05) is 11.8 Å². The van der Waals surface area contributed by atoms with Crippen LogP contribution in [0.2, 0.25) is 0 Å². The lowest BCUT2D eigenvalue weighted by Gasteiger charge is -2.08. The normalized spacial score (nSPS) is 18.8. The van der Waals surface area contributed by atoms with Gasteiger partial charge >= 0.3 is 0 Å². The van der Waals surface area contributed by atoms with E-state index in [1.54, 1.807) is 34.0 Å². The fraction of sp³-hybridized carbons (Fsp3) is 0.143. The SMILES string of the molecule is Cc1cc2oc(C3=C(I)C4Oc5cc6c(cc5C4S3)oc3c(I)c(-c4oc5cc(C)sc5c4I)sc36)c(I)c2s1. The highest BCUT2D eigenvalue weighted by Crippen LogP contribution is 2.62. The molecule has 2 atom stereocenters. The Hall–Kier alpha value is 0.0100. The van der Waals surface area contributed by atoms with Crippen molar-refractivity contribution in [2.24, 2.45) is 0 Å². The molecule has 8 heterocycles. The maximum atomic E-state index is 6.63. The van der Waals surface area contributed by atoms with Crippen molar-refractivity contribution >= 4 is 183 Å². The Kier molecular flexibility index (Phi) is 6.12. The third-order valence-electron chi connectivity index (χ3n) is 7.20. The first-order valence-corrected chi connectivity index (χ1v) is 19.7. The van der Waals surface area contributed by atoms with Crippen molar-refractivity contribution in [3.8, 4) is 16.4 Å². The summed E-state index contributed by atoms with van der Waals surface area (Å²) < 4.78 is 34.1. The number of aryl methyl sites for hydroxylation is 2. The zero-order chi connectivity index (χ0) is 27.2. The lowest BCUT2D eigenvalue weighted by molar-refractivity contribution is 0.282. The van der Waals surface area contributed by atoms with E-state index in [1.165, 1.54) is 40.3 Å². The van der Waals surface area contributed by atoms with Gasteiger partial charge < -0.3 is 18.0 Å². The predicted octanol–water partition coefficient (Wildman–Crippen LogP) is 12.7. The van der Waals surface area contributed by atoms with Gasteiger partial charge in [0.05, 0.1) is 39.8 Å². The molecule has 7 aromatic rings. The molecule has 2 aliphatic rings. The Morgan fingerprint density at radius 3 is 2.08 bits per heavy atom. The van der Waals surface area contributed by atoms with E-state index >= 15 is 0 Å². The van der Waals surface area contributed by atoms with Crippen LogP contribution in [0.3, 0.4) is 0 Å². The van der Waals surface area contributed by atoms with Crippen LogP contribution < -0.4 is 4.74 Å². The van der Waals surface area contributed by atoms with Crippen LogP contribution >= 0.6 is 136 Å². The van der Waals surface area contributed by atoms with Crippen LogP contribution in [0.15, 0.2) is 41.1 Å². The van der Waals surface area contributed by atoms with Crippen LogP contribution in [-0.2, 0) is 0 Å². The number of hydrogen-bond donors (Lipinski definition) is 0. The van der Waals surface area contributed by atoms with Gasteiger partial charge in [0.15, 0.2) is 17.1 Å². The molecule has 0 bridgehead atoms. The molecule has 2 unspecified atom stereocenters. The van der Waals surface area contributed by atoms with Gasteiger partial charge in [0, 0.05) is 24.3 Å². The molecule has 1 aromatic carbocycles. The molecule has 6 aromatic heterocycles. The standard InChI is InChI=1S/C28H12I4O4S4/c1-7-3-13-25(37-7)15(29)21(35-13)27-17(31)19-23(39-27)9-5-12-10(6-11(9)33-19)24-20(34-12)18(32)28(40-24)22-16(30)26-14(36-22)4-8(2)38-26/h3-6,19,23H,1-2H3. The minimum atomic E-state index is -0.0154. The van der Waals surface area contributed by atoms with Crippen molar-refractivity contribution in [3.05, 3.63) is 59.6 Å². The van der Waals surface area contributed by atoms with Crippen molar-refractivity contribution in [2.45, 2.75) is 25.2 Å². The first-order valence-electron chi connectivity index (χ1n) is 12.1. The topological polar surface area (TPSA) is 48.7 Å². The molecule has 0 aliphatic carbocycles. The molecule has 0 fully saturated rings. The summed E-state index contributed by atoms with van der Waals surface area (Å²) in [5.74, 6) is 2.86. The van der Waals surface area contributed by atoms with Crippen LogP contribution in [0.5, 0.6) is 5.75 Å². The van der Waals surface area contributed by atoms with Gasteiger partial charge in [-0.3, -0.25) is 0 Å². The third kappa shape index (κ3) is 3.61. The van der Waals surface area contributed by atoms with Crippen molar-refractivity contribution in [1.29, 1.82) is 0 Å². The minimum absolute atomic E-state index is 0.0154. The Balaban J connectivity index is 1.12. The third-order valence-corrected chi connectivity index (χ3v) is 17.6. The van der Waals surface area contributed by atoms with Crippen LogP contribution in [0.25, 0.3) is 57.4 Å². The average molecular weight is 1050 g/mol. The molecule has 0 saturated heterocycles. The second kappa shape index (κ2) is 9.26. The number of thiophene rings is 3. The Morgan fingerprint density at radius 1 is 0.700 bits per heavy atom. The fourth-order valence-corrected chi connectivity index (χ4v) is 14.5. The summed E-state index contributed by atoms with van der Waals surface area (Å²) in [6, 6.07) is 8.63. The van der Waals surface area contributed by atoms with E-state index in [4.69, 9.17) is 18.0 Å². The van der Waals surface area contributed by atoms with E-state index in [0.717, 1.165) is 58.1 Å². The number of rotatable bonds is 2. The van der Waals surface area contributed by atoms with Crippen molar-refractivity contribution in [3.63, 3.8) is 0 Å². The molecule has 0 saturated carbocycles. The largest absolute Gasteiger partial charge is 0.483 e. The zero-order valence-electron chi connectivity index (χ0n) is 20.2. The lowest BCUT2D eigenvalue weighted by Crippen LogP contribution is -2.12. The highest BCUT2D eigenvalue weighted by Gasteiger charge is 2.46. The van der Waals surface area contributed by atoms with Gasteiger partial charge in [0.1, 0.15) is 28.6 Å². The van der Waals surface area contributed by atoms with Crippen LogP contribution in [0.1, 0.15) is 26.3 Å². The van der Waals surface area contributed by atoms with Crippen LogP contribution in [0, 0.1) is 24.6 Å². The molecule has 0 N–H and O–H groups in total. The molecule has 0 amide bonds. The molecule has 0 radical (unpaired) electrons. The molecule has 4 nitrogen and oxygen atoms in total. The molecule has 9 rings (SSSR count). The quantitative estimate of drug-likeness (QED) is 0.162. The monoisotopic (exact) mass is 1050 g/mol. The predicted molar refractivity (Wildman–Crippen MR) is 202 cm³/mol. The highest BCUT2D eigenvalue weighted by molar-refractivity contribution is 14.1. The van der Waals surface area contributed by atoms with Gasteiger partial charge in [-0.1, -0.05) is 0 Å². The van der Waals surface area contributed by atoms with Gasteiger partial charge in [0.2, 0.25) is 0 Å². The lowest BCUT2D eigenvalue weighted by atomic mass is 10.1.